The highest BCUT2D eigenvalue weighted by Gasteiger charge is 2.17. The molecule has 0 bridgehead atoms. The zero-order valence-electron chi connectivity index (χ0n) is 30.9. The number of furan rings is 1. The van der Waals surface area contributed by atoms with Crippen molar-refractivity contribution in [1.29, 1.82) is 0 Å². The molecule has 0 unspecified atom stereocenters. The van der Waals surface area contributed by atoms with Crippen LogP contribution in [-0.2, 0) is 0 Å². The number of hydrogen-bond donors (Lipinski definition) is 0. The van der Waals surface area contributed by atoms with Crippen molar-refractivity contribution >= 4 is 43.5 Å². The Morgan fingerprint density at radius 3 is 1.70 bits per heavy atom. The molecule has 0 aliphatic carbocycles. The van der Waals surface area contributed by atoms with E-state index >= 15 is 0 Å². The van der Waals surface area contributed by atoms with Gasteiger partial charge in [0, 0.05) is 33.0 Å². The van der Waals surface area contributed by atoms with Gasteiger partial charge in [0.05, 0.1) is 11.4 Å². The third-order valence-electron chi connectivity index (χ3n) is 11.1. The van der Waals surface area contributed by atoms with Crippen molar-refractivity contribution in [3.05, 3.63) is 206 Å². The van der Waals surface area contributed by atoms with Crippen molar-refractivity contribution < 1.29 is 4.42 Å². The molecule has 11 rings (SSSR count). The normalized spacial score (nSPS) is 11.5. The molecule has 0 spiro atoms. The number of aromatic nitrogens is 2. The third kappa shape index (κ3) is 5.94. The minimum atomic E-state index is 0.681. The van der Waals surface area contributed by atoms with Crippen LogP contribution in [0.2, 0.25) is 0 Å². The van der Waals surface area contributed by atoms with E-state index in [9.17, 15) is 0 Å². The lowest BCUT2D eigenvalue weighted by Crippen LogP contribution is -1.96. The van der Waals surface area contributed by atoms with E-state index in [1.54, 1.807) is 0 Å². The van der Waals surface area contributed by atoms with Crippen molar-refractivity contribution in [1.82, 2.24) is 9.97 Å². The summed E-state index contributed by atoms with van der Waals surface area (Å²) < 4.78 is 6.54. The maximum absolute atomic E-state index is 6.54. The number of para-hydroxylation sites is 2. The van der Waals surface area contributed by atoms with E-state index in [-0.39, 0.29) is 0 Å². The highest BCUT2D eigenvalue weighted by atomic mass is 16.3. The van der Waals surface area contributed by atoms with Gasteiger partial charge in [-0.25, -0.2) is 9.97 Å². The van der Waals surface area contributed by atoms with Crippen LogP contribution in [0.25, 0.3) is 111 Å². The summed E-state index contributed by atoms with van der Waals surface area (Å²) >= 11 is 0. The Bertz CT molecular complexity index is 3270. The van der Waals surface area contributed by atoms with Crippen molar-refractivity contribution in [2.75, 3.05) is 0 Å². The lowest BCUT2D eigenvalue weighted by Gasteiger charge is -2.14. The van der Waals surface area contributed by atoms with Crippen LogP contribution in [-0.4, -0.2) is 9.97 Å². The van der Waals surface area contributed by atoms with Gasteiger partial charge in [0.1, 0.15) is 11.2 Å². The third-order valence-corrected chi connectivity index (χ3v) is 11.1. The maximum atomic E-state index is 6.54. The average Bonchev–Trinajstić information content (AvgIpc) is 3.68. The number of rotatable bonds is 6. The molecule has 2 aromatic heterocycles. The zero-order valence-corrected chi connectivity index (χ0v) is 30.9. The lowest BCUT2D eigenvalue weighted by molar-refractivity contribution is 0.670. The largest absolute Gasteiger partial charge is 0.455 e. The summed E-state index contributed by atoms with van der Waals surface area (Å²) in [7, 11) is 0. The fraction of sp³-hybridized carbons (Fsp3) is 0. The molecule has 0 fully saturated rings. The molecule has 3 heteroatoms. The van der Waals surface area contributed by atoms with Gasteiger partial charge < -0.3 is 4.42 Å². The molecule has 0 radical (unpaired) electrons. The van der Waals surface area contributed by atoms with Crippen LogP contribution >= 0.6 is 0 Å². The van der Waals surface area contributed by atoms with Gasteiger partial charge in [0.15, 0.2) is 5.82 Å². The van der Waals surface area contributed by atoms with Crippen LogP contribution in [0.15, 0.2) is 211 Å². The molecular weight excluding hydrogens is 693 g/mol. The average molecular weight is 727 g/mol. The highest BCUT2D eigenvalue weighted by Crippen LogP contribution is 2.40. The predicted molar refractivity (Wildman–Crippen MR) is 237 cm³/mol. The first-order chi connectivity index (χ1) is 28.2. The molecular formula is C54H34N2O. The maximum Gasteiger partial charge on any atom is 0.160 e. The molecule has 0 aliphatic rings. The van der Waals surface area contributed by atoms with E-state index in [2.05, 4.69) is 176 Å². The van der Waals surface area contributed by atoms with Crippen LogP contribution in [0.5, 0.6) is 0 Å². The Kier molecular flexibility index (Phi) is 7.82. The monoisotopic (exact) mass is 726 g/mol. The van der Waals surface area contributed by atoms with Gasteiger partial charge in [-0.15, -0.1) is 0 Å². The minimum Gasteiger partial charge on any atom is -0.455 e. The smallest absolute Gasteiger partial charge is 0.160 e. The molecule has 0 aliphatic heterocycles. The SMILES string of the molecule is c1ccc(-c2cc(-c3cc(-c4ccc(-c5ccc6c(ccc7ccccc76)c5)cc4)nc(-c4ccccc4)n3)cc(-c3cccc4c3oc3ccccc34)c2)cc1. The fourth-order valence-electron chi connectivity index (χ4n) is 8.19. The molecule has 266 valence electrons. The Morgan fingerprint density at radius 2 is 0.877 bits per heavy atom. The van der Waals surface area contributed by atoms with Crippen molar-refractivity contribution in [2.24, 2.45) is 0 Å². The Labute approximate surface area is 330 Å². The molecule has 11 aromatic rings. The summed E-state index contributed by atoms with van der Waals surface area (Å²) in [6.45, 7) is 0. The first-order valence-corrected chi connectivity index (χ1v) is 19.3. The molecule has 0 atom stereocenters. The Balaban J connectivity index is 1.05. The van der Waals surface area contributed by atoms with Gasteiger partial charge in [-0.3, -0.25) is 0 Å². The van der Waals surface area contributed by atoms with Gasteiger partial charge >= 0.3 is 0 Å². The van der Waals surface area contributed by atoms with E-state index in [1.807, 2.05) is 30.3 Å². The van der Waals surface area contributed by atoms with Gasteiger partial charge in [-0.1, -0.05) is 170 Å². The Hall–Kier alpha value is -7.62. The first kappa shape index (κ1) is 32.8. The first-order valence-electron chi connectivity index (χ1n) is 19.3. The molecule has 0 N–H and O–H groups in total. The number of nitrogens with zero attached hydrogens (tertiary/aromatic N) is 2. The summed E-state index contributed by atoms with van der Waals surface area (Å²) in [4.78, 5) is 10.4. The molecule has 2 heterocycles. The van der Waals surface area contributed by atoms with Crippen LogP contribution in [0.4, 0.5) is 0 Å². The Morgan fingerprint density at radius 1 is 0.298 bits per heavy atom. The standard InChI is InChI=1S/C54H34N2O/c1-3-12-35(13-4-1)42-31-43(47-19-11-20-49-48-18-9-10-21-52(48)57-53(47)49)33-44(32-42)51-34-50(55-54(56-51)39-15-5-2-6-16-39)38-25-22-36(23-26-38)40-28-29-46-41(30-40)27-24-37-14-7-8-17-45(37)46/h1-34H. The minimum absolute atomic E-state index is 0.681. The van der Waals surface area contributed by atoms with E-state index in [0.717, 1.165) is 77.8 Å². The van der Waals surface area contributed by atoms with E-state index in [0.29, 0.717) is 5.82 Å². The van der Waals surface area contributed by atoms with E-state index < -0.39 is 0 Å². The molecule has 3 nitrogen and oxygen atoms in total. The second-order valence-electron chi connectivity index (χ2n) is 14.6. The van der Waals surface area contributed by atoms with Crippen LogP contribution in [0.3, 0.4) is 0 Å². The van der Waals surface area contributed by atoms with E-state index in [4.69, 9.17) is 14.4 Å². The second kappa shape index (κ2) is 13.6. The number of benzene rings is 9. The summed E-state index contributed by atoms with van der Waals surface area (Å²) in [5, 5.41) is 7.25. The summed E-state index contributed by atoms with van der Waals surface area (Å²) in [6.07, 6.45) is 0. The quantitative estimate of drug-likeness (QED) is 0.160. The molecule has 0 saturated heterocycles. The number of fused-ring (bicyclic) bond motifs is 6. The van der Waals surface area contributed by atoms with Gasteiger partial charge in [-0.2, -0.15) is 0 Å². The molecule has 9 aromatic carbocycles. The van der Waals surface area contributed by atoms with E-state index in [1.165, 1.54) is 27.1 Å². The summed E-state index contributed by atoms with van der Waals surface area (Å²) in [5.74, 6) is 0.681. The van der Waals surface area contributed by atoms with Gasteiger partial charge in [0.25, 0.3) is 0 Å². The molecule has 0 amide bonds. The summed E-state index contributed by atoms with van der Waals surface area (Å²) in [6, 6.07) is 72.8. The predicted octanol–water partition coefficient (Wildman–Crippen LogP) is 14.7. The summed E-state index contributed by atoms with van der Waals surface area (Å²) in [5.41, 5.74) is 13.1. The van der Waals surface area contributed by atoms with Crippen molar-refractivity contribution in [3.63, 3.8) is 0 Å². The molecule has 0 saturated carbocycles. The highest BCUT2D eigenvalue weighted by molar-refractivity contribution is 6.10. The fourth-order valence-corrected chi connectivity index (χ4v) is 8.19. The van der Waals surface area contributed by atoms with Crippen LogP contribution < -0.4 is 0 Å². The lowest BCUT2D eigenvalue weighted by atomic mass is 9.93. The van der Waals surface area contributed by atoms with Crippen LogP contribution in [0.1, 0.15) is 0 Å². The number of hydrogen-bond acceptors (Lipinski definition) is 3. The zero-order chi connectivity index (χ0) is 37.7. The molecule has 57 heavy (non-hydrogen) atoms. The van der Waals surface area contributed by atoms with Gasteiger partial charge in [-0.05, 0) is 85.8 Å². The van der Waals surface area contributed by atoms with Crippen molar-refractivity contribution in [2.45, 2.75) is 0 Å². The second-order valence-corrected chi connectivity index (χ2v) is 14.6. The van der Waals surface area contributed by atoms with Crippen molar-refractivity contribution in [3.8, 4) is 67.3 Å². The van der Waals surface area contributed by atoms with Crippen LogP contribution in [0, 0.1) is 0 Å². The topological polar surface area (TPSA) is 38.9 Å². The van der Waals surface area contributed by atoms with Gasteiger partial charge in [0.2, 0.25) is 0 Å².